The topological polar surface area (TPSA) is 88.1 Å². The molecule has 37 heavy (non-hydrogen) atoms. The van der Waals surface area contributed by atoms with Crippen molar-refractivity contribution in [3.8, 4) is 11.3 Å². The van der Waals surface area contributed by atoms with Gasteiger partial charge < -0.3 is 10.2 Å². The molecule has 0 aliphatic heterocycles. The van der Waals surface area contributed by atoms with Crippen LogP contribution in [0.1, 0.15) is 68.1 Å². The van der Waals surface area contributed by atoms with Crippen LogP contribution in [0.25, 0.3) is 11.3 Å². The third-order valence-corrected chi connectivity index (χ3v) is 8.33. The minimum atomic E-state index is -0.679. The second kappa shape index (κ2) is 8.97. The molecule has 0 unspecified atom stereocenters. The molecule has 2 heterocycles. The number of carbonyl (C=O) groups excluding carboxylic acids is 2. The van der Waals surface area contributed by atoms with Crippen molar-refractivity contribution in [1.82, 2.24) is 20.1 Å². The van der Waals surface area contributed by atoms with E-state index in [1.54, 1.807) is 17.0 Å². The number of pyridine rings is 1. The van der Waals surface area contributed by atoms with E-state index in [4.69, 9.17) is 0 Å². The zero-order valence-corrected chi connectivity index (χ0v) is 21.3. The molecular formula is C28H29F2N5O2. The Morgan fingerprint density at radius 1 is 1.16 bits per heavy atom. The molecule has 1 aromatic carbocycles. The number of likely N-dealkylation sites (N-methyl/N-ethyl adjacent to an activating group) is 1. The number of fused-ring (bicyclic) bond motifs is 5. The van der Waals surface area contributed by atoms with E-state index in [2.05, 4.69) is 34.3 Å². The lowest BCUT2D eigenvalue weighted by molar-refractivity contribution is -0.114. The van der Waals surface area contributed by atoms with Crippen LogP contribution in [0.15, 0.2) is 42.7 Å². The van der Waals surface area contributed by atoms with Crippen LogP contribution < -0.4 is 5.32 Å². The summed E-state index contributed by atoms with van der Waals surface area (Å²) < 4.78 is 29.0. The molecule has 5 rings (SSSR count). The number of nitrogens with zero attached hydrogens (tertiary/aromatic N) is 4. The van der Waals surface area contributed by atoms with Gasteiger partial charge in [-0.2, -0.15) is 10.2 Å². The SMILES string of the molecule is CCN(C[C@@]12CC[C@@H](c3cc(-c4c(F)cccc4F)nnc31)C2(C)C)C(=O)c1ccncc1NC(C)=O. The number of aromatic nitrogens is 3. The van der Waals surface area contributed by atoms with Gasteiger partial charge in [0.15, 0.2) is 0 Å². The fraction of sp³-hybridized carbons (Fsp3) is 0.393. The van der Waals surface area contributed by atoms with E-state index in [0.29, 0.717) is 24.3 Å². The van der Waals surface area contributed by atoms with Crippen LogP contribution >= 0.6 is 0 Å². The highest BCUT2D eigenvalue weighted by molar-refractivity contribution is 6.03. The normalized spacial score (nSPS) is 21.0. The Bertz CT molecular complexity index is 1390. The van der Waals surface area contributed by atoms with Crippen molar-refractivity contribution in [2.75, 3.05) is 18.4 Å². The van der Waals surface area contributed by atoms with Crippen LogP contribution in [0.2, 0.25) is 0 Å². The molecule has 2 amide bonds. The van der Waals surface area contributed by atoms with Gasteiger partial charge in [0.05, 0.1) is 34.4 Å². The molecule has 2 aliphatic rings. The summed E-state index contributed by atoms with van der Waals surface area (Å²) >= 11 is 0. The Morgan fingerprint density at radius 2 is 1.89 bits per heavy atom. The third kappa shape index (κ3) is 3.79. The largest absolute Gasteiger partial charge is 0.338 e. The molecule has 2 aromatic heterocycles. The Kier molecular flexibility index (Phi) is 6.04. The fourth-order valence-corrected chi connectivity index (χ4v) is 6.33. The average Bonchev–Trinajstić information content (AvgIpc) is 3.21. The molecule has 0 saturated heterocycles. The van der Waals surface area contributed by atoms with Crippen molar-refractivity contribution in [2.45, 2.75) is 51.9 Å². The van der Waals surface area contributed by atoms with Crippen molar-refractivity contribution in [1.29, 1.82) is 0 Å². The van der Waals surface area contributed by atoms with Gasteiger partial charge in [-0.3, -0.25) is 14.6 Å². The van der Waals surface area contributed by atoms with E-state index in [1.807, 2.05) is 6.92 Å². The van der Waals surface area contributed by atoms with Gasteiger partial charge in [0.25, 0.3) is 5.91 Å². The molecule has 2 bridgehead atoms. The average molecular weight is 506 g/mol. The summed E-state index contributed by atoms with van der Waals surface area (Å²) in [5, 5.41) is 11.5. The lowest BCUT2D eigenvalue weighted by Crippen LogP contribution is -2.48. The summed E-state index contributed by atoms with van der Waals surface area (Å²) in [5.41, 5.74) is 1.72. The Morgan fingerprint density at radius 3 is 2.57 bits per heavy atom. The molecule has 1 fully saturated rings. The lowest BCUT2D eigenvalue weighted by atomic mass is 9.68. The number of benzene rings is 1. The first-order valence-electron chi connectivity index (χ1n) is 12.4. The van der Waals surface area contributed by atoms with Gasteiger partial charge in [0, 0.05) is 31.6 Å². The van der Waals surface area contributed by atoms with Gasteiger partial charge in [-0.25, -0.2) is 8.78 Å². The van der Waals surface area contributed by atoms with E-state index in [0.717, 1.165) is 24.1 Å². The van der Waals surface area contributed by atoms with Gasteiger partial charge in [-0.1, -0.05) is 19.9 Å². The van der Waals surface area contributed by atoms with Crippen LogP contribution in [-0.2, 0) is 10.2 Å². The zero-order valence-electron chi connectivity index (χ0n) is 21.3. The van der Waals surface area contributed by atoms with Crippen molar-refractivity contribution in [2.24, 2.45) is 5.41 Å². The van der Waals surface area contributed by atoms with Gasteiger partial charge >= 0.3 is 0 Å². The minimum Gasteiger partial charge on any atom is -0.338 e. The highest BCUT2D eigenvalue weighted by atomic mass is 19.1. The molecule has 0 radical (unpaired) electrons. The molecule has 1 saturated carbocycles. The summed E-state index contributed by atoms with van der Waals surface area (Å²) in [6.07, 6.45) is 4.69. The van der Waals surface area contributed by atoms with Gasteiger partial charge in [-0.15, -0.1) is 0 Å². The van der Waals surface area contributed by atoms with E-state index >= 15 is 0 Å². The van der Waals surface area contributed by atoms with E-state index in [-0.39, 0.29) is 34.4 Å². The maximum absolute atomic E-state index is 14.5. The summed E-state index contributed by atoms with van der Waals surface area (Å²) in [7, 11) is 0. The maximum atomic E-state index is 14.5. The highest BCUT2D eigenvalue weighted by Gasteiger charge is 2.64. The molecule has 3 aromatic rings. The molecule has 2 aliphatic carbocycles. The molecule has 2 atom stereocenters. The van der Waals surface area contributed by atoms with Crippen molar-refractivity contribution < 1.29 is 18.4 Å². The molecule has 7 nitrogen and oxygen atoms in total. The number of hydrogen-bond donors (Lipinski definition) is 1. The molecule has 9 heteroatoms. The molecule has 0 spiro atoms. The number of rotatable bonds is 6. The number of halogens is 2. The molecular weight excluding hydrogens is 476 g/mol. The number of carbonyl (C=O) groups is 2. The number of anilines is 1. The predicted octanol–water partition coefficient (Wildman–Crippen LogP) is 5.09. The van der Waals surface area contributed by atoms with Crippen LogP contribution in [0.3, 0.4) is 0 Å². The van der Waals surface area contributed by atoms with Crippen LogP contribution in [0, 0.1) is 17.0 Å². The van der Waals surface area contributed by atoms with Gasteiger partial charge in [-0.05, 0) is 60.9 Å². The van der Waals surface area contributed by atoms with Crippen molar-refractivity contribution >= 4 is 17.5 Å². The van der Waals surface area contributed by atoms with E-state index < -0.39 is 17.0 Å². The predicted molar refractivity (Wildman–Crippen MR) is 135 cm³/mol. The summed E-state index contributed by atoms with van der Waals surface area (Å²) in [6.45, 7) is 8.49. The van der Waals surface area contributed by atoms with Crippen LogP contribution in [-0.4, -0.2) is 45.0 Å². The Balaban J connectivity index is 1.54. The first kappa shape index (κ1) is 24.9. The van der Waals surface area contributed by atoms with Crippen LogP contribution in [0.4, 0.5) is 14.5 Å². The number of amides is 2. The van der Waals surface area contributed by atoms with E-state index in [1.165, 1.54) is 37.5 Å². The van der Waals surface area contributed by atoms with Gasteiger partial charge in [0.2, 0.25) is 5.91 Å². The smallest absolute Gasteiger partial charge is 0.256 e. The van der Waals surface area contributed by atoms with Crippen molar-refractivity contribution in [3.63, 3.8) is 0 Å². The zero-order chi connectivity index (χ0) is 26.5. The standard InChI is InChI=1S/C28H29F2N5O2/c1-5-35(26(37)17-10-12-31-14-23(17)32-16(2)36)15-28-11-9-19(27(28,3)4)18-13-22(33-34-25(18)28)24-20(29)7-6-8-21(24)30/h6-8,10,12-14,19H,5,9,11,15H2,1-4H3,(H,32,36)/t19-,28-/m0/s1. The fourth-order valence-electron chi connectivity index (χ4n) is 6.33. The van der Waals surface area contributed by atoms with Crippen LogP contribution in [0.5, 0.6) is 0 Å². The quantitative estimate of drug-likeness (QED) is 0.504. The number of nitrogens with one attached hydrogen (secondary N) is 1. The first-order chi connectivity index (χ1) is 17.6. The third-order valence-electron chi connectivity index (χ3n) is 8.33. The highest BCUT2D eigenvalue weighted by Crippen LogP contribution is 2.67. The summed E-state index contributed by atoms with van der Waals surface area (Å²) in [6, 6.07) is 7.13. The molecule has 1 N–H and O–H groups in total. The Labute approximate surface area is 214 Å². The maximum Gasteiger partial charge on any atom is 0.256 e. The lowest BCUT2D eigenvalue weighted by Gasteiger charge is -2.41. The molecule has 192 valence electrons. The minimum absolute atomic E-state index is 0.122. The second-order valence-electron chi connectivity index (χ2n) is 10.4. The van der Waals surface area contributed by atoms with E-state index in [9.17, 15) is 18.4 Å². The number of hydrogen-bond acceptors (Lipinski definition) is 5. The first-order valence-corrected chi connectivity index (χ1v) is 12.4. The summed E-state index contributed by atoms with van der Waals surface area (Å²) in [5.74, 6) is -1.74. The summed E-state index contributed by atoms with van der Waals surface area (Å²) in [4.78, 5) is 31.2. The van der Waals surface area contributed by atoms with Gasteiger partial charge in [0.1, 0.15) is 11.6 Å². The Hall–Kier alpha value is -3.75. The monoisotopic (exact) mass is 505 g/mol. The van der Waals surface area contributed by atoms with Crippen molar-refractivity contribution in [3.05, 3.63) is 71.2 Å². The second-order valence-corrected chi connectivity index (χ2v) is 10.4.